The fourth-order valence-corrected chi connectivity index (χ4v) is 3.21. The Bertz CT molecular complexity index is 258. The van der Waals surface area contributed by atoms with E-state index in [0.29, 0.717) is 0 Å². The molecule has 0 aromatic heterocycles. The van der Waals surface area contributed by atoms with Gasteiger partial charge in [0.05, 0.1) is 17.6 Å². The van der Waals surface area contributed by atoms with E-state index >= 15 is 0 Å². The summed E-state index contributed by atoms with van der Waals surface area (Å²) in [5.41, 5.74) is -0.0554. The van der Waals surface area contributed by atoms with E-state index in [-0.39, 0.29) is 11.5 Å². The van der Waals surface area contributed by atoms with Gasteiger partial charge in [-0.2, -0.15) is 5.26 Å². The Morgan fingerprint density at radius 1 is 1.27 bits per heavy atom. The molecule has 0 aromatic rings. The molecule has 1 spiro atoms. The van der Waals surface area contributed by atoms with E-state index in [1.165, 1.54) is 12.8 Å². The molecule has 2 nitrogen and oxygen atoms in total. The third-order valence-electron chi connectivity index (χ3n) is 4.41. The Balaban J connectivity index is 2.00. The van der Waals surface area contributed by atoms with Crippen molar-refractivity contribution in [1.82, 2.24) is 0 Å². The summed E-state index contributed by atoms with van der Waals surface area (Å²) in [4.78, 5) is 0. The molecule has 84 valence electrons. The maximum absolute atomic E-state index is 9.13. The standard InChI is InChI=1S/C13H21NO/c1-10(2)11-3-6-13(7-4-11)12(9-14)5-8-15-13/h10-12H,3-8H2,1-2H3. The minimum atomic E-state index is -0.0554. The van der Waals surface area contributed by atoms with E-state index in [2.05, 4.69) is 19.9 Å². The molecule has 0 radical (unpaired) electrons. The van der Waals surface area contributed by atoms with Crippen LogP contribution >= 0.6 is 0 Å². The first-order valence-corrected chi connectivity index (χ1v) is 6.21. The Labute approximate surface area is 92.6 Å². The average molecular weight is 207 g/mol. The molecule has 1 aliphatic heterocycles. The normalized spacial score (nSPS) is 40.9. The molecule has 1 heterocycles. The first kappa shape index (κ1) is 11.0. The van der Waals surface area contributed by atoms with Crippen molar-refractivity contribution in [3.63, 3.8) is 0 Å². The molecule has 0 amide bonds. The minimum absolute atomic E-state index is 0.0554. The summed E-state index contributed by atoms with van der Waals surface area (Å²) in [7, 11) is 0. The summed E-state index contributed by atoms with van der Waals surface area (Å²) in [6.45, 7) is 5.41. The van der Waals surface area contributed by atoms with Crippen LogP contribution in [0, 0.1) is 29.1 Å². The minimum Gasteiger partial charge on any atom is -0.374 e. The Kier molecular flexibility index (Phi) is 3.02. The van der Waals surface area contributed by atoms with E-state index in [9.17, 15) is 0 Å². The van der Waals surface area contributed by atoms with Gasteiger partial charge < -0.3 is 4.74 Å². The largest absolute Gasteiger partial charge is 0.374 e. The maximum Gasteiger partial charge on any atom is 0.0841 e. The zero-order valence-electron chi connectivity index (χ0n) is 9.83. The van der Waals surface area contributed by atoms with Crippen molar-refractivity contribution in [2.75, 3.05) is 6.61 Å². The summed E-state index contributed by atoms with van der Waals surface area (Å²) in [5.74, 6) is 1.79. The van der Waals surface area contributed by atoms with E-state index in [1.54, 1.807) is 0 Å². The highest BCUT2D eigenvalue weighted by molar-refractivity contribution is 5.05. The van der Waals surface area contributed by atoms with Crippen LogP contribution in [0.25, 0.3) is 0 Å². The second kappa shape index (κ2) is 4.14. The summed E-state index contributed by atoms with van der Waals surface area (Å²) in [5, 5.41) is 9.13. The van der Waals surface area contributed by atoms with Crippen molar-refractivity contribution in [3.05, 3.63) is 0 Å². The van der Waals surface area contributed by atoms with Gasteiger partial charge in [-0.05, 0) is 43.9 Å². The van der Waals surface area contributed by atoms with Gasteiger partial charge >= 0.3 is 0 Å². The predicted molar refractivity (Wildman–Crippen MR) is 59.2 cm³/mol. The molecule has 2 aliphatic rings. The number of rotatable bonds is 1. The van der Waals surface area contributed by atoms with E-state index < -0.39 is 0 Å². The van der Waals surface area contributed by atoms with Gasteiger partial charge in [-0.15, -0.1) is 0 Å². The van der Waals surface area contributed by atoms with Gasteiger partial charge in [-0.1, -0.05) is 13.8 Å². The highest BCUT2D eigenvalue weighted by atomic mass is 16.5. The molecular weight excluding hydrogens is 186 g/mol. The van der Waals surface area contributed by atoms with Gasteiger partial charge in [0.1, 0.15) is 0 Å². The molecule has 1 atom stereocenters. The monoisotopic (exact) mass is 207 g/mol. The topological polar surface area (TPSA) is 33.0 Å². The van der Waals surface area contributed by atoms with Crippen LogP contribution in [0.15, 0.2) is 0 Å². The molecule has 1 aliphatic carbocycles. The van der Waals surface area contributed by atoms with E-state index in [0.717, 1.165) is 37.7 Å². The second-order valence-corrected chi connectivity index (χ2v) is 5.47. The summed E-state index contributed by atoms with van der Waals surface area (Å²) >= 11 is 0. The van der Waals surface area contributed by atoms with E-state index in [1.807, 2.05) is 0 Å². The molecule has 0 N–H and O–H groups in total. The molecule has 1 saturated carbocycles. The van der Waals surface area contributed by atoms with Gasteiger partial charge in [0, 0.05) is 6.61 Å². The lowest BCUT2D eigenvalue weighted by Gasteiger charge is -2.39. The molecule has 1 unspecified atom stereocenters. The molecule has 1 saturated heterocycles. The molecular formula is C13H21NO. The zero-order chi connectivity index (χ0) is 10.9. The van der Waals surface area contributed by atoms with Gasteiger partial charge in [0.15, 0.2) is 0 Å². The molecule has 15 heavy (non-hydrogen) atoms. The number of nitriles is 1. The summed E-state index contributed by atoms with van der Waals surface area (Å²) in [6, 6.07) is 2.44. The third kappa shape index (κ3) is 1.90. The van der Waals surface area contributed by atoms with Crippen molar-refractivity contribution in [1.29, 1.82) is 5.26 Å². The summed E-state index contributed by atoms with van der Waals surface area (Å²) in [6.07, 6.45) is 5.65. The SMILES string of the molecule is CC(C)C1CCC2(CC1)OCCC2C#N. The lowest BCUT2D eigenvalue weighted by atomic mass is 9.70. The van der Waals surface area contributed by atoms with Crippen molar-refractivity contribution in [2.24, 2.45) is 17.8 Å². The highest BCUT2D eigenvalue weighted by Gasteiger charge is 2.46. The van der Waals surface area contributed by atoms with Crippen LogP contribution in [0.2, 0.25) is 0 Å². The fraction of sp³-hybridized carbons (Fsp3) is 0.923. The number of hydrogen-bond donors (Lipinski definition) is 0. The Hall–Kier alpha value is -0.550. The van der Waals surface area contributed by atoms with Crippen molar-refractivity contribution in [3.8, 4) is 6.07 Å². The molecule has 2 rings (SSSR count). The van der Waals surface area contributed by atoms with Crippen molar-refractivity contribution >= 4 is 0 Å². The Morgan fingerprint density at radius 3 is 2.47 bits per heavy atom. The quantitative estimate of drug-likeness (QED) is 0.661. The van der Waals surface area contributed by atoms with Gasteiger partial charge in [-0.25, -0.2) is 0 Å². The van der Waals surface area contributed by atoms with Crippen LogP contribution in [0.1, 0.15) is 46.0 Å². The number of hydrogen-bond acceptors (Lipinski definition) is 2. The van der Waals surface area contributed by atoms with Crippen LogP contribution in [0.3, 0.4) is 0 Å². The predicted octanol–water partition coefficient (Wildman–Crippen LogP) is 3.13. The number of nitrogens with zero attached hydrogens (tertiary/aromatic N) is 1. The first-order chi connectivity index (χ1) is 7.18. The summed E-state index contributed by atoms with van der Waals surface area (Å²) < 4.78 is 5.89. The first-order valence-electron chi connectivity index (χ1n) is 6.21. The zero-order valence-corrected chi connectivity index (χ0v) is 9.83. The molecule has 0 bridgehead atoms. The number of ether oxygens (including phenoxy) is 1. The average Bonchev–Trinajstić information content (AvgIpc) is 2.61. The van der Waals surface area contributed by atoms with Crippen LogP contribution < -0.4 is 0 Å². The third-order valence-corrected chi connectivity index (χ3v) is 4.41. The van der Waals surface area contributed by atoms with Gasteiger partial charge in [0.2, 0.25) is 0 Å². The highest BCUT2D eigenvalue weighted by Crippen LogP contribution is 2.46. The Morgan fingerprint density at radius 2 is 1.93 bits per heavy atom. The van der Waals surface area contributed by atoms with Gasteiger partial charge in [0.25, 0.3) is 0 Å². The van der Waals surface area contributed by atoms with E-state index in [4.69, 9.17) is 10.00 Å². The maximum atomic E-state index is 9.13. The smallest absolute Gasteiger partial charge is 0.0841 e. The lowest BCUT2D eigenvalue weighted by Crippen LogP contribution is -2.39. The molecule has 2 heteroatoms. The second-order valence-electron chi connectivity index (χ2n) is 5.47. The van der Waals surface area contributed by atoms with Crippen molar-refractivity contribution in [2.45, 2.75) is 51.6 Å². The van der Waals surface area contributed by atoms with Crippen molar-refractivity contribution < 1.29 is 4.74 Å². The van der Waals surface area contributed by atoms with Crippen LogP contribution in [-0.2, 0) is 4.74 Å². The lowest BCUT2D eigenvalue weighted by molar-refractivity contribution is -0.0527. The van der Waals surface area contributed by atoms with Crippen LogP contribution in [-0.4, -0.2) is 12.2 Å². The van der Waals surface area contributed by atoms with Crippen LogP contribution in [0.5, 0.6) is 0 Å². The van der Waals surface area contributed by atoms with Gasteiger partial charge in [-0.3, -0.25) is 0 Å². The molecule has 0 aromatic carbocycles. The fourth-order valence-electron chi connectivity index (χ4n) is 3.21. The van der Waals surface area contributed by atoms with Crippen LogP contribution in [0.4, 0.5) is 0 Å². The molecule has 2 fully saturated rings.